The minimum absolute atomic E-state index is 0.0210. The molecule has 7 nitrogen and oxygen atoms in total. The maximum absolute atomic E-state index is 12.8. The molecule has 0 spiro atoms. The third-order valence-electron chi connectivity index (χ3n) is 3.29. The highest BCUT2D eigenvalue weighted by molar-refractivity contribution is 7.13. The summed E-state index contributed by atoms with van der Waals surface area (Å²) in [5, 5.41) is 5.90. The zero-order valence-corrected chi connectivity index (χ0v) is 14.4. The molecule has 0 aliphatic heterocycles. The molecule has 26 heavy (non-hydrogen) atoms. The highest BCUT2D eigenvalue weighted by Gasteiger charge is 2.12. The Morgan fingerprint density at radius 1 is 1.23 bits per heavy atom. The summed E-state index contributed by atoms with van der Waals surface area (Å²) in [5.74, 6) is -0.751. The molecule has 0 radical (unpaired) electrons. The SMILES string of the molecule is O=C(CCn1nc(-c2cccs2)oc1=O)OCCOc1ccc(F)cc1. The molecule has 0 N–H and O–H groups in total. The first-order valence-corrected chi connectivity index (χ1v) is 8.65. The number of nitrogens with zero attached hydrogens (tertiary/aromatic N) is 2. The Balaban J connectivity index is 1.40. The third kappa shape index (κ3) is 4.79. The Morgan fingerprint density at radius 2 is 2.04 bits per heavy atom. The highest BCUT2D eigenvalue weighted by atomic mass is 32.1. The Hall–Kier alpha value is -2.94. The van der Waals surface area contributed by atoms with Gasteiger partial charge in [-0.15, -0.1) is 16.4 Å². The zero-order chi connectivity index (χ0) is 18.4. The van der Waals surface area contributed by atoms with Crippen molar-refractivity contribution in [1.29, 1.82) is 0 Å². The first kappa shape index (κ1) is 17.9. The molecule has 0 unspecified atom stereocenters. The van der Waals surface area contributed by atoms with E-state index < -0.39 is 11.7 Å². The molecule has 0 saturated heterocycles. The van der Waals surface area contributed by atoms with Gasteiger partial charge in [0.05, 0.1) is 17.8 Å². The van der Waals surface area contributed by atoms with Crippen molar-refractivity contribution in [3.63, 3.8) is 0 Å². The zero-order valence-electron chi connectivity index (χ0n) is 13.6. The number of halogens is 1. The molecule has 0 aliphatic rings. The van der Waals surface area contributed by atoms with Crippen LogP contribution in [0.2, 0.25) is 0 Å². The molecule has 0 atom stereocenters. The standard InChI is InChI=1S/C17H15FN2O5S/c18-12-3-5-13(6-4-12)23-9-10-24-15(21)7-8-20-17(22)25-16(19-20)14-2-1-11-26-14/h1-6,11H,7-10H2. The monoisotopic (exact) mass is 378 g/mol. The smallest absolute Gasteiger partial charge is 0.437 e. The van der Waals surface area contributed by atoms with E-state index in [2.05, 4.69) is 5.10 Å². The van der Waals surface area contributed by atoms with Gasteiger partial charge in [0.2, 0.25) is 0 Å². The number of aryl methyl sites for hydroxylation is 1. The molecule has 2 aromatic heterocycles. The van der Waals surface area contributed by atoms with E-state index in [1.807, 2.05) is 11.4 Å². The van der Waals surface area contributed by atoms with Crippen molar-refractivity contribution in [3.8, 4) is 16.5 Å². The van der Waals surface area contributed by atoms with Crippen LogP contribution >= 0.6 is 11.3 Å². The van der Waals surface area contributed by atoms with Gasteiger partial charge in [-0.1, -0.05) is 6.07 Å². The van der Waals surface area contributed by atoms with Crippen LogP contribution in [0.3, 0.4) is 0 Å². The minimum Gasteiger partial charge on any atom is -0.490 e. The largest absolute Gasteiger partial charge is 0.490 e. The van der Waals surface area contributed by atoms with Crippen molar-refractivity contribution in [2.45, 2.75) is 13.0 Å². The van der Waals surface area contributed by atoms with Crippen LogP contribution in [-0.4, -0.2) is 29.0 Å². The summed E-state index contributed by atoms with van der Waals surface area (Å²) in [6.07, 6.45) is -0.0210. The van der Waals surface area contributed by atoms with Crippen molar-refractivity contribution in [2.75, 3.05) is 13.2 Å². The Bertz CT molecular complexity index is 902. The lowest BCUT2D eigenvalue weighted by molar-refractivity contribution is -0.144. The molecule has 3 rings (SSSR count). The van der Waals surface area contributed by atoms with E-state index in [0.29, 0.717) is 5.75 Å². The van der Waals surface area contributed by atoms with Gasteiger partial charge >= 0.3 is 11.7 Å². The Morgan fingerprint density at radius 3 is 2.77 bits per heavy atom. The van der Waals surface area contributed by atoms with Gasteiger partial charge in [-0.25, -0.2) is 9.18 Å². The summed E-state index contributed by atoms with van der Waals surface area (Å²) < 4.78 is 29.2. The number of rotatable bonds is 8. The van der Waals surface area contributed by atoms with E-state index in [4.69, 9.17) is 13.9 Å². The van der Waals surface area contributed by atoms with Crippen molar-refractivity contribution in [1.82, 2.24) is 9.78 Å². The number of carbonyl (C=O) groups excluding carboxylic acids is 1. The summed E-state index contributed by atoms with van der Waals surface area (Å²) in [6.45, 7) is 0.250. The van der Waals surface area contributed by atoms with Crippen molar-refractivity contribution in [2.24, 2.45) is 0 Å². The first-order valence-electron chi connectivity index (χ1n) is 7.77. The van der Waals surface area contributed by atoms with E-state index in [-0.39, 0.29) is 37.9 Å². The van der Waals surface area contributed by atoms with Crippen LogP contribution in [-0.2, 0) is 16.1 Å². The molecule has 136 valence electrons. The van der Waals surface area contributed by atoms with Gasteiger partial charge in [0.25, 0.3) is 5.89 Å². The summed E-state index contributed by atoms with van der Waals surface area (Å²) in [7, 11) is 0. The molecule has 0 amide bonds. The van der Waals surface area contributed by atoms with Crippen LogP contribution in [0.1, 0.15) is 6.42 Å². The summed E-state index contributed by atoms with van der Waals surface area (Å²) in [4.78, 5) is 24.2. The molecule has 3 aromatic rings. The van der Waals surface area contributed by atoms with Crippen LogP contribution in [0.25, 0.3) is 10.8 Å². The Kier molecular flexibility index (Phi) is 5.80. The number of hydrogen-bond acceptors (Lipinski definition) is 7. The van der Waals surface area contributed by atoms with Gasteiger partial charge in [-0.05, 0) is 35.7 Å². The molecular weight excluding hydrogens is 363 g/mol. The second-order valence-electron chi connectivity index (χ2n) is 5.15. The van der Waals surface area contributed by atoms with Gasteiger partial charge in [0.15, 0.2) is 0 Å². The molecule has 0 aliphatic carbocycles. The maximum Gasteiger partial charge on any atom is 0.437 e. The van der Waals surface area contributed by atoms with Crippen LogP contribution < -0.4 is 10.5 Å². The van der Waals surface area contributed by atoms with Crippen LogP contribution in [0.5, 0.6) is 5.75 Å². The number of benzene rings is 1. The molecule has 0 saturated carbocycles. The number of thiophene rings is 1. The van der Waals surface area contributed by atoms with E-state index in [0.717, 1.165) is 9.56 Å². The average Bonchev–Trinajstić information content (AvgIpc) is 3.28. The molecule has 1 aromatic carbocycles. The third-order valence-corrected chi connectivity index (χ3v) is 4.15. The Labute approximate surface area is 151 Å². The van der Waals surface area contributed by atoms with Crippen LogP contribution in [0, 0.1) is 5.82 Å². The molecule has 0 fully saturated rings. The van der Waals surface area contributed by atoms with Crippen molar-refractivity contribution in [3.05, 3.63) is 58.1 Å². The number of esters is 1. The number of ether oxygens (including phenoxy) is 2. The fourth-order valence-corrected chi connectivity index (χ4v) is 2.71. The lowest BCUT2D eigenvalue weighted by atomic mass is 10.3. The van der Waals surface area contributed by atoms with Gasteiger partial charge in [0, 0.05) is 0 Å². The second kappa shape index (κ2) is 8.43. The normalized spacial score (nSPS) is 10.7. The molecule has 0 bridgehead atoms. The fourth-order valence-electron chi connectivity index (χ4n) is 2.06. The molecular formula is C17H15FN2O5S. The quantitative estimate of drug-likeness (QED) is 0.443. The lowest BCUT2D eigenvalue weighted by Crippen LogP contribution is -2.20. The topological polar surface area (TPSA) is 83.6 Å². The summed E-state index contributed by atoms with van der Waals surface area (Å²) in [6, 6.07) is 9.14. The van der Waals surface area contributed by atoms with Crippen molar-refractivity contribution >= 4 is 17.3 Å². The number of aromatic nitrogens is 2. The summed E-state index contributed by atoms with van der Waals surface area (Å²) >= 11 is 1.40. The van der Waals surface area contributed by atoms with E-state index >= 15 is 0 Å². The average molecular weight is 378 g/mol. The van der Waals surface area contributed by atoms with Gasteiger partial charge in [0.1, 0.15) is 24.8 Å². The predicted octanol–water partition coefficient (Wildman–Crippen LogP) is 2.72. The second-order valence-corrected chi connectivity index (χ2v) is 6.09. The first-order chi connectivity index (χ1) is 12.6. The van der Waals surface area contributed by atoms with Gasteiger partial charge < -0.3 is 13.9 Å². The van der Waals surface area contributed by atoms with Gasteiger partial charge in [-0.3, -0.25) is 4.79 Å². The van der Waals surface area contributed by atoms with Crippen LogP contribution in [0.15, 0.2) is 51.0 Å². The minimum atomic E-state index is -0.624. The van der Waals surface area contributed by atoms with Crippen LogP contribution in [0.4, 0.5) is 4.39 Å². The van der Waals surface area contributed by atoms with E-state index in [9.17, 15) is 14.0 Å². The fraction of sp³-hybridized carbons (Fsp3) is 0.235. The van der Waals surface area contributed by atoms with E-state index in [1.54, 1.807) is 6.07 Å². The highest BCUT2D eigenvalue weighted by Crippen LogP contribution is 2.21. The molecule has 2 heterocycles. The van der Waals surface area contributed by atoms with Gasteiger partial charge in [-0.2, -0.15) is 4.68 Å². The molecule has 9 heteroatoms. The predicted molar refractivity (Wildman–Crippen MR) is 91.5 cm³/mol. The lowest BCUT2D eigenvalue weighted by Gasteiger charge is -2.07. The number of hydrogen-bond donors (Lipinski definition) is 0. The number of carbonyl (C=O) groups is 1. The summed E-state index contributed by atoms with van der Waals surface area (Å²) in [5.41, 5.74) is 0. The van der Waals surface area contributed by atoms with E-state index in [1.165, 1.54) is 35.6 Å². The van der Waals surface area contributed by atoms with Crippen molar-refractivity contribution < 1.29 is 23.1 Å². The maximum atomic E-state index is 12.8.